The van der Waals surface area contributed by atoms with E-state index in [0.717, 1.165) is 33.5 Å². The Morgan fingerprint density at radius 1 is 0.875 bits per heavy atom. The molecule has 4 atom stereocenters. The first-order chi connectivity index (χ1) is 19.3. The van der Waals surface area contributed by atoms with Gasteiger partial charge in [0, 0.05) is 22.5 Å². The van der Waals surface area contributed by atoms with E-state index in [0.29, 0.717) is 11.3 Å². The van der Waals surface area contributed by atoms with Crippen LogP contribution >= 0.6 is 0 Å². The second-order valence-corrected chi connectivity index (χ2v) is 11.1. The maximum Gasteiger partial charge on any atom is 0.238 e. The van der Waals surface area contributed by atoms with Crippen LogP contribution in [0.4, 0.5) is 11.4 Å². The minimum Gasteiger partial charge on any atom is -0.461 e. The smallest absolute Gasteiger partial charge is 0.238 e. The molecule has 1 spiro atoms. The van der Waals surface area contributed by atoms with Gasteiger partial charge < -0.3 is 14.6 Å². The normalized spacial score (nSPS) is 24.3. The van der Waals surface area contributed by atoms with Gasteiger partial charge in [-0.05, 0) is 62.2 Å². The number of amides is 1. The van der Waals surface area contributed by atoms with E-state index in [1.807, 2.05) is 74.2 Å². The van der Waals surface area contributed by atoms with Gasteiger partial charge in [-0.1, -0.05) is 65.7 Å². The monoisotopic (exact) mass is 528 g/mol. The third kappa shape index (κ3) is 3.19. The van der Waals surface area contributed by atoms with Gasteiger partial charge in [-0.15, -0.1) is 0 Å². The summed E-state index contributed by atoms with van der Waals surface area (Å²) in [5.41, 5.74) is 5.48. The summed E-state index contributed by atoms with van der Waals surface area (Å²) < 4.78 is 5.62. The number of anilines is 2. The maximum atomic E-state index is 14.6. The fourth-order valence-electron chi connectivity index (χ4n) is 7.01. The number of benzene rings is 3. The summed E-state index contributed by atoms with van der Waals surface area (Å²) >= 11 is 0. The van der Waals surface area contributed by atoms with Crippen molar-refractivity contribution in [2.24, 2.45) is 5.92 Å². The van der Waals surface area contributed by atoms with Crippen molar-refractivity contribution in [1.29, 1.82) is 0 Å². The average molecular weight is 529 g/mol. The van der Waals surface area contributed by atoms with Gasteiger partial charge in [0.25, 0.3) is 0 Å². The number of nitrogens with one attached hydrogen (secondary N) is 1. The van der Waals surface area contributed by atoms with Crippen molar-refractivity contribution in [2.45, 2.75) is 38.3 Å². The molecule has 1 amide bonds. The molecule has 1 aromatic heterocycles. The summed E-state index contributed by atoms with van der Waals surface area (Å²) in [6.45, 7) is 6.03. The number of allylic oxidation sites excluding steroid dienone is 1. The number of ketones is 2. The first kappa shape index (κ1) is 24.3. The Morgan fingerprint density at radius 2 is 1.62 bits per heavy atom. The van der Waals surface area contributed by atoms with Gasteiger partial charge in [0.05, 0.1) is 18.2 Å². The van der Waals surface area contributed by atoms with Crippen molar-refractivity contribution in [3.05, 3.63) is 125 Å². The molecule has 7 rings (SSSR count). The molecule has 3 aliphatic heterocycles. The fraction of sp³-hybridized carbons (Fsp3) is 0.206. The maximum absolute atomic E-state index is 14.6. The van der Waals surface area contributed by atoms with Crippen molar-refractivity contribution in [3.8, 4) is 0 Å². The van der Waals surface area contributed by atoms with E-state index in [9.17, 15) is 14.4 Å². The minimum absolute atomic E-state index is 0.132. The number of carbonyl (C=O) groups is 3. The van der Waals surface area contributed by atoms with Crippen LogP contribution in [0, 0.1) is 19.8 Å². The van der Waals surface area contributed by atoms with Gasteiger partial charge in [-0.3, -0.25) is 14.4 Å². The topological polar surface area (TPSA) is 79.6 Å². The van der Waals surface area contributed by atoms with Gasteiger partial charge in [0.1, 0.15) is 11.5 Å². The van der Waals surface area contributed by atoms with Gasteiger partial charge in [-0.2, -0.15) is 0 Å². The summed E-state index contributed by atoms with van der Waals surface area (Å²) in [5.74, 6) is -1.77. The second-order valence-electron chi connectivity index (χ2n) is 11.1. The third-order valence-corrected chi connectivity index (χ3v) is 8.78. The number of hydrogen-bond acceptors (Lipinski definition) is 5. The van der Waals surface area contributed by atoms with Gasteiger partial charge in [0.2, 0.25) is 11.7 Å². The number of Topliss-reactive ketones (excluding diaryl/α,β-unsaturated/α-hetero) is 2. The lowest BCUT2D eigenvalue weighted by molar-refractivity contribution is -0.121. The predicted molar refractivity (Wildman–Crippen MR) is 154 cm³/mol. The summed E-state index contributed by atoms with van der Waals surface area (Å²) in [5, 5.41) is 3.06. The molecule has 1 saturated heterocycles. The molecule has 40 heavy (non-hydrogen) atoms. The lowest BCUT2D eigenvalue weighted by atomic mass is 9.64. The molecule has 4 aromatic rings. The van der Waals surface area contributed by atoms with E-state index in [-0.39, 0.29) is 23.2 Å². The summed E-state index contributed by atoms with van der Waals surface area (Å²) in [6, 6.07) is 22.8. The second kappa shape index (κ2) is 8.65. The number of para-hydroxylation sites is 1. The average Bonchev–Trinajstić information content (AvgIpc) is 3.66. The van der Waals surface area contributed by atoms with E-state index in [1.165, 1.54) is 6.26 Å². The SMILES string of the molecule is CC1=C[C@H]2N(c3ccc(C)cc31)[C@H](C(=O)c1ccc(C)cc1)[C@@H](C(=O)c1ccco1)[C@]21C(=O)Nc2ccccc21. The van der Waals surface area contributed by atoms with E-state index < -0.39 is 23.4 Å². The zero-order valence-electron chi connectivity index (χ0n) is 22.5. The highest BCUT2D eigenvalue weighted by molar-refractivity contribution is 6.18. The van der Waals surface area contributed by atoms with E-state index in [1.54, 1.807) is 24.3 Å². The quantitative estimate of drug-likeness (QED) is 0.322. The van der Waals surface area contributed by atoms with Crippen LogP contribution in [-0.2, 0) is 10.2 Å². The summed E-state index contributed by atoms with van der Waals surface area (Å²) in [6.07, 6.45) is 3.51. The number of hydrogen-bond donors (Lipinski definition) is 1. The van der Waals surface area contributed by atoms with Crippen LogP contribution in [0.15, 0.2) is 95.6 Å². The van der Waals surface area contributed by atoms with Crippen LogP contribution in [-0.4, -0.2) is 29.6 Å². The molecule has 6 nitrogen and oxygen atoms in total. The van der Waals surface area contributed by atoms with Crippen molar-refractivity contribution in [3.63, 3.8) is 0 Å². The molecule has 1 N–H and O–H groups in total. The third-order valence-electron chi connectivity index (χ3n) is 8.78. The van der Waals surface area contributed by atoms with Crippen LogP contribution in [0.25, 0.3) is 5.57 Å². The van der Waals surface area contributed by atoms with Gasteiger partial charge in [-0.25, -0.2) is 0 Å². The number of carbonyl (C=O) groups excluding carboxylic acids is 3. The van der Waals surface area contributed by atoms with Crippen LogP contribution in [0.1, 0.15) is 50.1 Å². The molecule has 198 valence electrons. The molecule has 4 heterocycles. The Labute approximate surface area is 232 Å². The largest absolute Gasteiger partial charge is 0.461 e. The van der Waals surface area contributed by atoms with Crippen molar-refractivity contribution < 1.29 is 18.8 Å². The molecule has 0 aliphatic carbocycles. The van der Waals surface area contributed by atoms with Crippen molar-refractivity contribution >= 4 is 34.4 Å². The zero-order valence-corrected chi connectivity index (χ0v) is 22.5. The predicted octanol–water partition coefficient (Wildman–Crippen LogP) is 6.14. The highest BCUT2D eigenvalue weighted by Crippen LogP contribution is 2.58. The lowest BCUT2D eigenvalue weighted by Gasteiger charge is -2.39. The Hall–Kier alpha value is -4.71. The molecule has 3 aromatic carbocycles. The summed E-state index contributed by atoms with van der Waals surface area (Å²) in [7, 11) is 0. The highest BCUT2D eigenvalue weighted by Gasteiger charge is 2.70. The Morgan fingerprint density at radius 3 is 2.38 bits per heavy atom. The van der Waals surface area contributed by atoms with E-state index >= 15 is 0 Å². The Balaban J connectivity index is 1.56. The molecule has 0 radical (unpaired) electrons. The Kier molecular flexibility index (Phi) is 5.26. The molecule has 0 saturated carbocycles. The van der Waals surface area contributed by atoms with Crippen LogP contribution < -0.4 is 10.2 Å². The first-order valence-electron chi connectivity index (χ1n) is 13.5. The van der Waals surface area contributed by atoms with Crippen molar-refractivity contribution in [1.82, 2.24) is 0 Å². The number of nitrogens with zero attached hydrogens (tertiary/aromatic N) is 1. The standard InChI is InChI=1S/C34H28N2O4/c1-19-10-13-22(14-11-19)31(37)30-29(32(38)27-9-6-16-40-27)34(24-7-4-5-8-25(24)35-33(34)39)28-18-21(3)23-17-20(2)12-15-26(23)36(28)30/h4-18,28-30H,1-3H3,(H,35,39)/t28-,29+,30+,34-/m1/s1. The van der Waals surface area contributed by atoms with E-state index in [2.05, 4.69) is 17.5 Å². The lowest BCUT2D eigenvalue weighted by Crippen LogP contribution is -2.51. The number of rotatable bonds is 4. The van der Waals surface area contributed by atoms with Gasteiger partial charge >= 0.3 is 0 Å². The van der Waals surface area contributed by atoms with Crippen LogP contribution in [0.2, 0.25) is 0 Å². The number of furan rings is 1. The molecular weight excluding hydrogens is 500 g/mol. The van der Waals surface area contributed by atoms with E-state index in [4.69, 9.17) is 4.42 Å². The molecule has 1 fully saturated rings. The number of aryl methyl sites for hydroxylation is 2. The number of fused-ring (bicyclic) bond motifs is 6. The first-order valence-corrected chi connectivity index (χ1v) is 13.5. The molecular formula is C34H28N2O4. The van der Waals surface area contributed by atoms with Gasteiger partial charge in [0.15, 0.2) is 11.5 Å². The van der Waals surface area contributed by atoms with Crippen molar-refractivity contribution in [2.75, 3.05) is 10.2 Å². The molecule has 6 heteroatoms. The molecule has 3 aliphatic rings. The highest BCUT2D eigenvalue weighted by atomic mass is 16.3. The zero-order chi connectivity index (χ0) is 27.8. The molecule has 0 unspecified atom stereocenters. The van der Waals surface area contributed by atoms with Crippen LogP contribution in [0.5, 0.6) is 0 Å². The fourth-order valence-corrected chi connectivity index (χ4v) is 7.01. The van der Waals surface area contributed by atoms with Crippen LogP contribution in [0.3, 0.4) is 0 Å². The molecule has 0 bridgehead atoms. The Bertz CT molecular complexity index is 1730. The summed E-state index contributed by atoms with van der Waals surface area (Å²) in [4.78, 5) is 45.6. The minimum atomic E-state index is -1.35.